The molecule has 0 unspecified atom stereocenters. The molecule has 0 N–H and O–H groups in total. The number of aromatic nitrogens is 2. The fraction of sp³-hybridized carbons (Fsp3) is 0.100. The Morgan fingerprint density at radius 1 is 0.534 bits per heavy atom. The fourth-order valence-corrected chi connectivity index (χ4v) is 5.70. The van der Waals surface area contributed by atoms with Gasteiger partial charge in [-0.2, -0.15) is 35.5 Å². The number of para-hydroxylation sites is 2. The average molecular weight is 802 g/mol. The molecule has 11 nitrogen and oxygen atoms in total. The molecule has 0 aliphatic heterocycles. The molecule has 0 amide bonds. The number of nitro groups is 2. The maximum atomic E-state index is 12.3. The Kier molecular flexibility index (Phi) is 13.4. The van der Waals surface area contributed by atoms with Crippen molar-refractivity contribution in [2.45, 2.75) is 25.4 Å². The summed E-state index contributed by atoms with van der Waals surface area (Å²) in [4.78, 5) is 21.4. The van der Waals surface area contributed by atoms with Crippen molar-refractivity contribution in [2.24, 2.45) is 0 Å². The highest BCUT2D eigenvalue weighted by molar-refractivity contribution is 6.29. The van der Waals surface area contributed by atoms with Crippen molar-refractivity contribution in [3.8, 4) is 5.75 Å². The molecule has 0 saturated heterocycles. The number of benzene rings is 5. The summed E-state index contributed by atoms with van der Waals surface area (Å²) in [6.07, 6.45) is -2.21. The maximum Gasteiger partial charge on any atom is 0.416 e. The van der Waals surface area contributed by atoms with E-state index in [9.17, 15) is 56.6 Å². The lowest BCUT2D eigenvalue weighted by Crippen LogP contribution is -2.50. The molecular weight excluding hydrogens is 773 g/mol. The minimum absolute atomic E-state index is 0.141. The monoisotopic (exact) mass is 802 g/mol. The summed E-state index contributed by atoms with van der Waals surface area (Å²) >= 11 is 0. The van der Waals surface area contributed by atoms with E-state index in [1.54, 1.807) is 24.3 Å². The summed E-state index contributed by atoms with van der Waals surface area (Å²) < 4.78 is 81.5. The maximum absolute atomic E-state index is 12.3. The summed E-state index contributed by atoms with van der Waals surface area (Å²) in [6.45, 7) is 0.976. The third-order valence-electron chi connectivity index (χ3n) is 8.37. The van der Waals surface area contributed by atoms with Crippen molar-refractivity contribution in [3.05, 3.63) is 195 Å². The molecule has 0 saturated carbocycles. The van der Waals surface area contributed by atoms with Gasteiger partial charge in [0, 0.05) is 35.0 Å². The van der Waals surface area contributed by atoms with Crippen molar-refractivity contribution >= 4 is 40.2 Å². The summed E-state index contributed by atoms with van der Waals surface area (Å²) in [6, 6.07) is 34.0. The molecular formula is C40H29BF6N4O7. The summed E-state index contributed by atoms with van der Waals surface area (Å²) in [5, 5.41) is 46.8. The molecule has 296 valence electrons. The molecule has 5 aromatic carbocycles. The van der Waals surface area contributed by atoms with Crippen LogP contribution in [0.25, 0.3) is 21.5 Å². The number of pyridine rings is 2. The standard InChI is InChI=1S/2C16H13N2O2.C8H3BF6O3/c2*19-18(20)16-8-4-3-7-15(16)12-17-10-9-13-5-1-2-6-14(13)11-17;10-7(11,12)4-1-5(8(13,14)15)3-6(2-4)18-9(16)17/h2*1-11H,12H2;1-3H/q2*+1;-2. The predicted molar refractivity (Wildman–Crippen MR) is 196 cm³/mol. The highest BCUT2D eigenvalue weighted by Crippen LogP contribution is 2.38. The second-order valence-corrected chi connectivity index (χ2v) is 12.4. The van der Waals surface area contributed by atoms with Crippen LogP contribution >= 0.6 is 0 Å². The lowest BCUT2D eigenvalue weighted by atomic mass is 10.1. The van der Waals surface area contributed by atoms with E-state index in [1.165, 1.54) is 12.1 Å². The first kappa shape index (κ1) is 42.2. The molecule has 2 aromatic heterocycles. The van der Waals surface area contributed by atoms with Crippen LogP contribution in [0.15, 0.2) is 152 Å². The molecule has 58 heavy (non-hydrogen) atoms. The molecule has 7 rings (SSSR count). The Morgan fingerprint density at radius 2 is 0.897 bits per heavy atom. The van der Waals surface area contributed by atoms with Crippen molar-refractivity contribution in [2.75, 3.05) is 0 Å². The van der Waals surface area contributed by atoms with Gasteiger partial charge >= 0.3 is 12.4 Å². The topological polar surface area (TPSA) is 149 Å². The van der Waals surface area contributed by atoms with Gasteiger partial charge in [-0.05, 0) is 53.2 Å². The van der Waals surface area contributed by atoms with E-state index in [0.29, 0.717) is 24.2 Å². The Morgan fingerprint density at radius 3 is 1.26 bits per heavy atom. The lowest BCUT2D eigenvalue weighted by molar-refractivity contribution is -0.687. The van der Waals surface area contributed by atoms with Gasteiger partial charge in [-0.1, -0.05) is 60.7 Å². The van der Waals surface area contributed by atoms with Crippen LogP contribution < -0.4 is 23.8 Å². The van der Waals surface area contributed by atoms with Crippen LogP contribution in [0.3, 0.4) is 0 Å². The minimum atomic E-state index is -5.05. The lowest BCUT2D eigenvalue weighted by Gasteiger charge is -2.27. The van der Waals surface area contributed by atoms with Crippen LogP contribution in [0.2, 0.25) is 0 Å². The number of alkyl halides is 6. The van der Waals surface area contributed by atoms with Gasteiger partial charge < -0.3 is 14.7 Å². The van der Waals surface area contributed by atoms with E-state index in [-0.39, 0.29) is 39.4 Å². The molecule has 0 atom stereocenters. The smallest absolute Gasteiger partial charge is 0.416 e. The van der Waals surface area contributed by atoms with Crippen molar-refractivity contribution in [1.29, 1.82) is 0 Å². The SMILES string of the molecule is O=[N+]([O-])c1ccccc1C[n+]1ccc2ccccc2c1.O=[N+]([O-])c1ccccc1C[n+]1ccc2ccccc2c1.[O-]B([O-])Oc1cc(C(F)(F)F)cc(C(F)(F)F)c1. The predicted octanol–water partition coefficient (Wildman–Crippen LogP) is 6.98. The van der Waals surface area contributed by atoms with Gasteiger partial charge in [-0.25, -0.2) is 0 Å². The number of nitrogens with zero attached hydrogens (tertiary/aromatic N) is 4. The normalized spacial score (nSPS) is 11.2. The number of nitro benzene ring substituents is 2. The van der Waals surface area contributed by atoms with Crippen LogP contribution in [0.1, 0.15) is 22.3 Å². The number of hydrogen-bond acceptors (Lipinski definition) is 7. The zero-order valence-corrected chi connectivity index (χ0v) is 29.8. The second-order valence-electron chi connectivity index (χ2n) is 12.4. The molecule has 2 heterocycles. The molecule has 0 aliphatic carbocycles. The Bertz CT molecular complexity index is 2390. The number of halogens is 6. The summed E-state index contributed by atoms with van der Waals surface area (Å²) in [7, 11) is -3.02. The summed E-state index contributed by atoms with van der Waals surface area (Å²) in [5.41, 5.74) is -1.59. The molecule has 18 heteroatoms. The highest BCUT2D eigenvalue weighted by Gasteiger charge is 2.37. The van der Waals surface area contributed by atoms with Crippen LogP contribution in [0.4, 0.5) is 37.7 Å². The van der Waals surface area contributed by atoms with Crippen molar-refractivity contribution < 1.29 is 60.0 Å². The minimum Gasteiger partial charge on any atom is -0.860 e. The van der Waals surface area contributed by atoms with Gasteiger partial charge in [0.15, 0.2) is 37.9 Å². The van der Waals surface area contributed by atoms with Gasteiger partial charge in [0.05, 0.1) is 37.8 Å². The Hall–Kier alpha value is -6.92. The molecule has 0 radical (unpaired) electrons. The fourth-order valence-electron chi connectivity index (χ4n) is 5.70. The zero-order chi connectivity index (χ0) is 42.0. The molecule has 7 aromatic rings. The van der Waals surface area contributed by atoms with E-state index in [2.05, 4.69) is 4.65 Å². The van der Waals surface area contributed by atoms with Gasteiger partial charge in [-0.15, -0.1) is 0 Å². The summed E-state index contributed by atoms with van der Waals surface area (Å²) in [5.74, 6) is -1.08. The van der Waals surface area contributed by atoms with Gasteiger partial charge in [0.2, 0.25) is 0 Å². The van der Waals surface area contributed by atoms with E-state index < -0.39 is 36.6 Å². The Labute approximate surface area is 325 Å². The number of rotatable bonds is 8. The average Bonchev–Trinajstić information content (AvgIpc) is 3.17. The largest absolute Gasteiger partial charge is 0.860 e. The molecule has 0 bridgehead atoms. The third-order valence-corrected chi connectivity index (χ3v) is 8.37. The second kappa shape index (κ2) is 18.4. The van der Waals surface area contributed by atoms with Gasteiger partial charge in [0.1, 0.15) is 7.32 Å². The van der Waals surface area contributed by atoms with Crippen LogP contribution in [-0.4, -0.2) is 17.2 Å². The van der Waals surface area contributed by atoms with Crippen molar-refractivity contribution in [3.63, 3.8) is 0 Å². The van der Waals surface area contributed by atoms with E-state index in [4.69, 9.17) is 0 Å². The first-order valence-corrected chi connectivity index (χ1v) is 17.0. The third kappa shape index (κ3) is 11.6. The quantitative estimate of drug-likeness (QED) is 0.0530. The molecule has 0 aliphatic rings. The van der Waals surface area contributed by atoms with Crippen molar-refractivity contribution in [1.82, 2.24) is 0 Å². The molecule has 0 spiro atoms. The highest BCUT2D eigenvalue weighted by atomic mass is 19.4. The van der Waals surface area contributed by atoms with E-state index in [0.717, 1.165) is 21.5 Å². The number of fused-ring (bicyclic) bond motifs is 2. The van der Waals surface area contributed by atoms with Crippen LogP contribution in [0.5, 0.6) is 5.75 Å². The molecule has 0 fully saturated rings. The zero-order valence-electron chi connectivity index (χ0n) is 29.8. The van der Waals surface area contributed by atoms with Gasteiger partial charge in [0.25, 0.3) is 11.4 Å². The van der Waals surface area contributed by atoms with Crippen LogP contribution in [-0.2, 0) is 25.4 Å². The Balaban J connectivity index is 0.000000166. The first-order chi connectivity index (χ1) is 27.5. The van der Waals surface area contributed by atoms with E-state index >= 15 is 0 Å². The first-order valence-electron chi connectivity index (χ1n) is 17.0. The van der Waals surface area contributed by atoms with Gasteiger partial charge in [-0.3, -0.25) is 20.2 Å². The van der Waals surface area contributed by atoms with E-state index in [1.807, 2.05) is 107 Å². The number of hydrogen-bond donors (Lipinski definition) is 0. The van der Waals surface area contributed by atoms with Crippen LogP contribution in [0, 0.1) is 20.2 Å².